The van der Waals surface area contributed by atoms with Gasteiger partial charge in [-0.05, 0) is 37.3 Å². The van der Waals surface area contributed by atoms with Gasteiger partial charge in [-0.1, -0.05) is 0 Å². The van der Waals surface area contributed by atoms with Gasteiger partial charge >= 0.3 is 0 Å². The lowest BCUT2D eigenvalue weighted by Gasteiger charge is -2.14. The van der Waals surface area contributed by atoms with Crippen LogP contribution in [-0.4, -0.2) is 40.0 Å². The van der Waals surface area contributed by atoms with Crippen LogP contribution in [-0.2, 0) is 11.3 Å². The topological polar surface area (TPSA) is 117 Å². The maximum Gasteiger partial charge on any atom is 0.229 e. The predicted octanol–water partition coefficient (Wildman–Crippen LogP) is 3.76. The Morgan fingerprint density at radius 1 is 1.12 bits per heavy atom. The first-order valence-corrected chi connectivity index (χ1v) is 10.2. The predicted molar refractivity (Wildman–Crippen MR) is 125 cm³/mol. The van der Waals surface area contributed by atoms with Crippen LogP contribution >= 0.6 is 0 Å². The van der Waals surface area contributed by atoms with E-state index in [0.29, 0.717) is 18.2 Å². The Morgan fingerprint density at radius 3 is 2.72 bits per heavy atom. The van der Waals surface area contributed by atoms with Crippen molar-refractivity contribution in [2.24, 2.45) is 0 Å². The molecule has 1 aromatic carbocycles. The molecule has 0 bridgehead atoms. The zero-order valence-corrected chi connectivity index (χ0v) is 18.4. The van der Waals surface area contributed by atoms with Gasteiger partial charge in [0.1, 0.15) is 11.6 Å². The lowest BCUT2D eigenvalue weighted by Crippen LogP contribution is -2.19. The van der Waals surface area contributed by atoms with E-state index in [0.717, 1.165) is 45.1 Å². The number of fused-ring (bicyclic) bond motifs is 1. The van der Waals surface area contributed by atoms with E-state index in [4.69, 9.17) is 9.72 Å². The van der Waals surface area contributed by atoms with Crippen molar-refractivity contribution in [3.63, 3.8) is 0 Å². The average Bonchev–Trinajstić information content (AvgIpc) is 3.25. The Hall–Kier alpha value is -4.14. The van der Waals surface area contributed by atoms with Crippen LogP contribution in [0.4, 0.5) is 17.5 Å². The van der Waals surface area contributed by atoms with Gasteiger partial charge in [0.25, 0.3) is 0 Å². The lowest BCUT2D eigenvalue weighted by atomic mass is 10.1. The number of carbonyl (C=O) groups excluding carboxylic acids is 1. The highest BCUT2D eigenvalue weighted by atomic mass is 16.5. The number of aryl methyl sites for hydroxylation is 1. The molecule has 164 valence electrons. The molecule has 0 spiro atoms. The van der Waals surface area contributed by atoms with Crippen molar-refractivity contribution < 1.29 is 9.53 Å². The fraction of sp³-hybridized carbons (Fsp3) is 0.217. The molecular formula is C23H25N7O2. The quantitative estimate of drug-likeness (QED) is 0.352. The van der Waals surface area contributed by atoms with E-state index in [-0.39, 0.29) is 5.91 Å². The van der Waals surface area contributed by atoms with Crippen LogP contribution < -0.4 is 20.7 Å². The number of aromatic nitrogens is 4. The first-order chi connectivity index (χ1) is 15.5. The number of benzene rings is 1. The summed E-state index contributed by atoms with van der Waals surface area (Å²) in [5, 5.41) is 10.1. The van der Waals surface area contributed by atoms with Gasteiger partial charge in [0.05, 0.1) is 25.0 Å². The van der Waals surface area contributed by atoms with Crippen LogP contribution in [0.25, 0.3) is 22.2 Å². The first-order valence-electron chi connectivity index (χ1n) is 10.2. The number of methoxy groups -OCH3 is 1. The minimum Gasteiger partial charge on any atom is -0.496 e. The number of carbonyl (C=O) groups is 1. The molecule has 3 heterocycles. The smallest absolute Gasteiger partial charge is 0.229 e. The molecule has 4 N–H and O–H groups in total. The van der Waals surface area contributed by atoms with Crippen molar-refractivity contribution >= 4 is 34.3 Å². The summed E-state index contributed by atoms with van der Waals surface area (Å²) in [6.45, 7) is 3.74. The lowest BCUT2D eigenvalue weighted by molar-refractivity contribution is -0.119. The molecule has 0 atom stereocenters. The first kappa shape index (κ1) is 21.1. The number of ether oxygens (including phenoxy) is 1. The maximum atomic E-state index is 11.4. The number of anilines is 3. The summed E-state index contributed by atoms with van der Waals surface area (Å²) in [5.41, 5.74) is 4.88. The van der Waals surface area contributed by atoms with E-state index >= 15 is 0 Å². The van der Waals surface area contributed by atoms with Crippen LogP contribution in [0.2, 0.25) is 0 Å². The highest BCUT2D eigenvalue weighted by Crippen LogP contribution is 2.34. The summed E-state index contributed by atoms with van der Waals surface area (Å²) in [4.78, 5) is 28.4. The SMILES string of the molecule is CNc1cc(C)nc(Nc2ccc(OC)c(-c3cc4[nH]ccc4c(CNC(C)=O)n3)c2)n1. The summed E-state index contributed by atoms with van der Waals surface area (Å²) < 4.78 is 5.60. The highest BCUT2D eigenvalue weighted by molar-refractivity contribution is 5.87. The van der Waals surface area contributed by atoms with Crippen molar-refractivity contribution in [2.45, 2.75) is 20.4 Å². The molecule has 0 saturated carbocycles. The number of hydrogen-bond acceptors (Lipinski definition) is 7. The summed E-state index contributed by atoms with van der Waals surface area (Å²) in [6, 6.07) is 11.5. The van der Waals surface area contributed by atoms with Crippen LogP contribution in [0.3, 0.4) is 0 Å². The minimum atomic E-state index is -0.108. The van der Waals surface area contributed by atoms with Crippen molar-refractivity contribution in [1.82, 2.24) is 25.3 Å². The Morgan fingerprint density at radius 2 is 1.97 bits per heavy atom. The fourth-order valence-corrected chi connectivity index (χ4v) is 3.48. The Labute approximate surface area is 185 Å². The van der Waals surface area contributed by atoms with E-state index < -0.39 is 0 Å². The Bertz CT molecular complexity index is 1280. The van der Waals surface area contributed by atoms with Crippen LogP contribution in [0.1, 0.15) is 18.3 Å². The van der Waals surface area contributed by atoms with Crippen molar-refractivity contribution in [3.05, 3.63) is 54.0 Å². The van der Waals surface area contributed by atoms with E-state index in [1.54, 1.807) is 7.11 Å². The molecular weight excluding hydrogens is 406 g/mol. The molecule has 9 nitrogen and oxygen atoms in total. The molecule has 9 heteroatoms. The van der Waals surface area contributed by atoms with Crippen molar-refractivity contribution in [2.75, 3.05) is 24.8 Å². The maximum absolute atomic E-state index is 11.4. The summed E-state index contributed by atoms with van der Waals surface area (Å²) in [5.74, 6) is 1.80. The van der Waals surface area contributed by atoms with E-state index in [1.165, 1.54) is 6.92 Å². The number of rotatable bonds is 7. The zero-order valence-electron chi connectivity index (χ0n) is 18.4. The molecule has 0 unspecified atom stereocenters. The standard InChI is InChI=1S/C23H25N7O2/c1-13-9-22(24-3)30-23(27-13)28-15-5-6-21(32-4)17(10-15)19-11-18-16(7-8-25-18)20(29-19)12-26-14(2)31/h5-11,25H,12H2,1-4H3,(H,26,31)(H2,24,27,28,30). The molecule has 0 fully saturated rings. The molecule has 1 amide bonds. The van der Waals surface area contributed by atoms with Gasteiger partial charge in [-0.3, -0.25) is 9.78 Å². The summed E-state index contributed by atoms with van der Waals surface area (Å²) in [6.07, 6.45) is 1.86. The van der Waals surface area contributed by atoms with Crippen LogP contribution in [0.15, 0.2) is 42.6 Å². The minimum absolute atomic E-state index is 0.108. The van der Waals surface area contributed by atoms with Gasteiger partial charge in [0.15, 0.2) is 0 Å². The van der Waals surface area contributed by atoms with Gasteiger partial charge in [0, 0.05) is 54.1 Å². The molecule has 4 aromatic rings. The summed E-state index contributed by atoms with van der Waals surface area (Å²) in [7, 11) is 3.44. The number of aromatic amines is 1. The monoisotopic (exact) mass is 431 g/mol. The molecule has 0 aliphatic carbocycles. The second kappa shape index (κ2) is 8.93. The molecule has 0 aliphatic rings. The van der Waals surface area contributed by atoms with E-state index in [9.17, 15) is 4.79 Å². The van der Waals surface area contributed by atoms with Gasteiger partial charge in [-0.2, -0.15) is 4.98 Å². The van der Waals surface area contributed by atoms with Crippen molar-refractivity contribution in [3.8, 4) is 17.0 Å². The second-order valence-corrected chi connectivity index (χ2v) is 7.31. The molecule has 3 aromatic heterocycles. The van der Waals surface area contributed by atoms with Crippen LogP contribution in [0.5, 0.6) is 5.75 Å². The average molecular weight is 432 g/mol. The van der Waals surface area contributed by atoms with Crippen molar-refractivity contribution in [1.29, 1.82) is 0 Å². The number of pyridine rings is 1. The number of amides is 1. The van der Waals surface area contributed by atoms with Crippen LogP contribution in [0, 0.1) is 6.92 Å². The highest BCUT2D eigenvalue weighted by Gasteiger charge is 2.14. The fourth-order valence-electron chi connectivity index (χ4n) is 3.48. The number of nitrogens with one attached hydrogen (secondary N) is 4. The Balaban J connectivity index is 1.75. The molecule has 32 heavy (non-hydrogen) atoms. The number of hydrogen-bond donors (Lipinski definition) is 4. The Kier molecular flexibility index (Phi) is 5.89. The molecule has 0 radical (unpaired) electrons. The molecule has 4 rings (SSSR count). The zero-order chi connectivity index (χ0) is 22.7. The second-order valence-electron chi connectivity index (χ2n) is 7.31. The third kappa shape index (κ3) is 4.46. The van der Waals surface area contributed by atoms with Gasteiger partial charge in [0.2, 0.25) is 11.9 Å². The third-order valence-corrected chi connectivity index (χ3v) is 4.97. The largest absolute Gasteiger partial charge is 0.496 e. The number of H-pyrrole nitrogens is 1. The number of nitrogens with zero attached hydrogens (tertiary/aromatic N) is 3. The van der Waals surface area contributed by atoms with Gasteiger partial charge < -0.3 is 25.7 Å². The molecule has 0 saturated heterocycles. The third-order valence-electron chi connectivity index (χ3n) is 4.97. The molecule has 0 aliphatic heterocycles. The summed E-state index contributed by atoms with van der Waals surface area (Å²) >= 11 is 0. The van der Waals surface area contributed by atoms with Gasteiger partial charge in [-0.25, -0.2) is 4.98 Å². The van der Waals surface area contributed by atoms with Gasteiger partial charge in [-0.15, -0.1) is 0 Å². The normalized spacial score (nSPS) is 10.8. The van der Waals surface area contributed by atoms with E-state index in [1.807, 2.05) is 56.6 Å². The van der Waals surface area contributed by atoms with E-state index in [2.05, 4.69) is 30.9 Å².